The van der Waals surface area contributed by atoms with Crippen LogP contribution in [-0.4, -0.2) is 81.3 Å². The Balaban J connectivity index is 1.30. The summed E-state index contributed by atoms with van der Waals surface area (Å²) < 4.78 is 1.79. The predicted molar refractivity (Wildman–Crippen MR) is 94.6 cm³/mol. The van der Waals surface area contributed by atoms with Crippen LogP contribution in [0, 0.1) is 6.92 Å². The lowest BCUT2D eigenvalue weighted by molar-refractivity contribution is -0.133. The van der Waals surface area contributed by atoms with Crippen LogP contribution >= 0.6 is 0 Å². The molecule has 8 nitrogen and oxygen atoms in total. The molecule has 2 aromatic rings. The molecular formula is C17H25N7O. The number of rotatable bonds is 5. The van der Waals surface area contributed by atoms with Crippen molar-refractivity contribution in [3.63, 3.8) is 0 Å². The Bertz CT molecular complexity index is 767. The van der Waals surface area contributed by atoms with Crippen LogP contribution in [0.2, 0.25) is 0 Å². The summed E-state index contributed by atoms with van der Waals surface area (Å²) in [6.45, 7) is 6.53. The van der Waals surface area contributed by atoms with Crippen LogP contribution in [0.25, 0.3) is 5.65 Å². The lowest BCUT2D eigenvalue weighted by Gasteiger charge is -2.45. The Hall–Kier alpha value is -2.22. The second-order valence-electron chi connectivity index (χ2n) is 7.09. The zero-order valence-electron chi connectivity index (χ0n) is 14.9. The second-order valence-corrected chi connectivity index (χ2v) is 7.09. The summed E-state index contributed by atoms with van der Waals surface area (Å²) in [4.78, 5) is 18.5. The number of fused-ring (bicyclic) bond motifs is 1. The first-order chi connectivity index (χ1) is 12.1. The normalized spacial score (nSPS) is 19.1. The number of amides is 1. The molecule has 2 aliphatic rings. The van der Waals surface area contributed by atoms with Crippen molar-refractivity contribution in [2.75, 3.05) is 44.7 Å². The summed E-state index contributed by atoms with van der Waals surface area (Å²) >= 11 is 0. The number of aryl methyl sites for hydroxylation is 1. The van der Waals surface area contributed by atoms with Crippen LogP contribution in [0.5, 0.6) is 0 Å². The SMILES string of the molecule is Cc1nnc2ccc(N3CC(N(C)CCN4CCCCC4=O)C3)nn12. The van der Waals surface area contributed by atoms with Gasteiger partial charge in [-0.15, -0.1) is 15.3 Å². The highest BCUT2D eigenvalue weighted by Gasteiger charge is 2.31. The average Bonchev–Trinajstić information content (AvgIpc) is 2.94. The zero-order chi connectivity index (χ0) is 17.4. The molecule has 1 amide bonds. The first-order valence-electron chi connectivity index (χ1n) is 9.04. The Morgan fingerprint density at radius 3 is 2.88 bits per heavy atom. The van der Waals surface area contributed by atoms with Gasteiger partial charge in [-0.1, -0.05) is 0 Å². The first kappa shape index (κ1) is 16.3. The number of nitrogens with zero attached hydrogens (tertiary/aromatic N) is 7. The van der Waals surface area contributed by atoms with Gasteiger partial charge in [-0.3, -0.25) is 9.69 Å². The number of anilines is 1. The first-order valence-corrected chi connectivity index (χ1v) is 9.04. The summed E-state index contributed by atoms with van der Waals surface area (Å²) in [6, 6.07) is 4.48. The average molecular weight is 343 g/mol. The molecule has 0 atom stereocenters. The Kier molecular flexibility index (Phi) is 4.29. The maximum atomic E-state index is 11.9. The van der Waals surface area contributed by atoms with Crippen LogP contribution in [0.1, 0.15) is 25.1 Å². The standard InChI is InChI=1S/C17H25N7O/c1-13-18-19-15-6-7-16(20-24(13)15)23-11-14(12-23)21(2)9-10-22-8-4-3-5-17(22)25/h6-7,14H,3-5,8-12H2,1-2H3. The molecule has 0 aromatic carbocycles. The fourth-order valence-electron chi connectivity index (χ4n) is 3.54. The predicted octanol–water partition coefficient (Wildman–Crippen LogP) is 0.566. The lowest BCUT2D eigenvalue weighted by atomic mass is 10.1. The van der Waals surface area contributed by atoms with E-state index in [4.69, 9.17) is 0 Å². The monoisotopic (exact) mass is 343 g/mol. The molecule has 0 unspecified atom stereocenters. The van der Waals surface area contributed by atoms with E-state index in [9.17, 15) is 4.79 Å². The maximum absolute atomic E-state index is 11.9. The molecule has 0 N–H and O–H groups in total. The quantitative estimate of drug-likeness (QED) is 0.790. The molecule has 0 saturated carbocycles. The molecule has 2 aromatic heterocycles. The molecule has 2 saturated heterocycles. The van der Waals surface area contributed by atoms with E-state index in [2.05, 4.69) is 32.1 Å². The van der Waals surface area contributed by atoms with Crippen LogP contribution in [0.15, 0.2) is 12.1 Å². The van der Waals surface area contributed by atoms with E-state index in [0.717, 1.165) is 69.3 Å². The molecule has 2 aliphatic heterocycles. The van der Waals surface area contributed by atoms with E-state index in [1.807, 2.05) is 24.0 Å². The smallest absolute Gasteiger partial charge is 0.222 e. The number of aromatic nitrogens is 4. The third-order valence-corrected chi connectivity index (χ3v) is 5.36. The number of carbonyl (C=O) groups excluding carboxylic acids is 1. The van der Waals surface area contributed by atoms with Crippen LogP contribution < -0.4 is 4.90 Å². The van der Waals surface area contributed by atoms with Gasteiger partial charge < -0.3 is 9.80 Å². The Morgan fingerprint density at radius 1 is 1.24 bits per heavy atom. The minimum atomic E-state index is 0.316. The second kappa shape index (κ2) is 6.59. The van der Waals surface area contributed by atoms with E-state index in [1.54, 1.807) is 4.52 Å². The Morgan fingerprint density at radius 2 is 2.08 bits per heavy atom. The number of likely N-dealkylation sites (N-methyl/N-ethyl adjacent to an activating group) is 1. The van der Waals surface area contributed by atoms with Gasteiger partial charge in [0.05, 0.1) is 0 Å². The minimum absolute atomic E-state index is 0.316. The Labute approximate surface area is 147 Å². The molecule has 134 valence electrons. The zero-order valence-corrected chi connectivity index (χ0v) is 14.9. The highest BCUT2D eigenvalue weighted by Crippen LogP contribution is 2.21. The fraction of sp³-hybridized carbons (Fsp3) is 0.647. The van der Waals surface area contributed by atoms with Crippen molar-refractivity contribution in [3.05, 3.63) is 18.0 Å². The summed E-state index contributed by atoms with van der Waals surface area (Å²) in [6.07, 6.45) is 2.91. The van der Waals surface area contributed by atoms with Crippen molar-refractivity contribution in [2.24, 2.45) is 0 Å². The summed E-state index contributed by atoms with van der Waals surface area (Å²) in [5.74, 6) is 2.08. The molecule has 4 heterocycles. The van der Waals surface area contributed by atoms with E-state index < -0.39 is 0 Å². The lowest BCUT2D eigenvalue weighted by Crippen LogP contribution is -2.59. The molecule has 8 heteroatoms. The minimum Gasteiger partial charge on any atom is -0.352 e. The molecule has 0 bridgehead atoms. The third-order valence-electron chi connectivity index (χ3n) is 5.36. The van der Waals surface area contributed by atoms with Crippen LogP contribution in [-0.2, 0) is 4.79 Å². The largest absolute Gasteiger partial charge is 0.352 e. The fourth-order valence-corrected chi connectivity index (χ4v) is 3.54. The van der Waals surface area contributed by atoms with Gasteiger partial charge in [-0.2, -0.15) is 4.52 Å². The van der Waals surface area contributed by atoms with E-state index >= 15 is 0 Å². The van der Waals surface area contributed by atoms with Gasteiger partial charge in [0.1, 0.15) is 5.82 Å². The maximum Gasteiger partial charge on any atom is 0.222 e. The topological polar surface area (TPSA) is 69.9 Å². The summed E-state index contributed by atoms with van der Waals surface area (Å²) in [7, 11) is 2.15. The molecular weight excluding hydrogens is 318 g/mol. The van der Waals surface area contributed by atoms with Gasteiger partial charge in [0, 0.05) is 45.2 Å². The van der Waals surface area contributed by atoms with Crippen molar-refractivity contribution in [1.82, 2.24) is 29.6 Å². The number of hydrogen-bond donors (Lipinski definition) is 0. The molecule has 4 rings (SSSR count). The van der Waals surface area contributed by atoms with Gasteiger partial charge in [0.25, 0.3) is 0 Å². The molecule has 0 radical (unpaired) electrons. The van der Waals surface area contributed by atoms with Gasteiger partial charge >= 0.3 is 0 Å². The number of carbonyl (C=O) groups is 1. The van der Waals surface area contributed by atoms with Gasteiger partial charge in [-0.25, -0.2) is 0 Å². The van der Waals surface area contributed by atoms with Gasteiger partial charge in [-0.05, 0) is 38.9 Å². The van der Waals surface area contributed by atoms with E-state index in [1.165, 1.54) is 0 Å². The van der Waals surface area contributed by atoms with Crippen molar-refractivity contribution >= 4 is 17.4 Å². The van der Waals surface area contributed by atoms with Crippen LogP contribution in [0.3, 0.4) is 0 Å². The number of hydrogen-bond acceptors (Lipinski definition) is 6. The highest BCUT2D eigenvalue weighted by molar-refractivity contribution is 5.76. The van der Waals surface area contributed by atoms with Crippen molar-refractivity contribution in [2.45, 2.75) is 32.2 Å². The number of piperidine rings is 1. The summed E-state index contributed by atoms with van der Waals surface area (Å²) in [5.41, 5.74) is 0.779. The molecule has 2 fully saturated rings. The van der Waals surface area contributed by atoms with Crippen molar-refractivity contribution in [1.29, 1.82) is 0 Å². The molecule has 25 heavy (non-hydrogen) atoms. The van der Waals surface area contributed by atoms with Crippen molar-refractivity contribution in [3.8, 4) is 0 Å². The summed E-state index contributed by atoms with van der Waals surface area (Å²) in [5, 5.41) is 12.7. The van der Waals surface area contributed by atoms with Gasteiger partial charge in [0.15, 0.2) is 11.5 Å². The highest BCUT2D eigenvalue weighted by atomic mass is 16.2. The number of likely N-dealkylation sites (tertiary alicyclic amines) is 1. The van der Waals surface area contributed by atoms with Crippen molar-refractivity contribution < 1.29 is 4.79 Å². The van der Waals surface area contributed by atoms with Gasteiger partial charge in [0.2, 0.25) is 5.91 Å². The molecule has 0 aliphatic carbocycles. The van der Waals surface area contributed by atoms with E-state index in [-0.39, 0.29) is 0 Å². The van der Waals surface area contributed by atoms with Crippen LogP contribution in [0.4, 0.5) is 5.82 Å². The molecule has 0 spiro atoms. The van der Waals surface area contributed by atoms with E-state index in [0.29, 0.717) is 11.9 Å². The third kappa shape index (κ3) is 3.18.